The number of rotatable bonds is 3. The van der Waals surface area contributed by atoms with Gasteiger partial charge in [-0.3, -0.25) is 9.59 Å². The van der Waals surface area contributed by atoms with E-state index in [0.29, 0.717) is 0 Å². The van der Waals surface area contributed by atoms with Gasteiger partial charge in [0, 0.05) is 20.2 Å². The fraction of sp³-hybridized carbons (Fsp3) is 0.333. The van der Waals surface area contributed by atoms with Crippen LogP contribution >= 0.6 is 0 Å². The third-order valence-electron chi connectivity index (χ3n) is 1.87. The van der Waals surface area contributed by atoms with Gasteiger partial charge in [-0.2, -0.15) is 5.10 Å². The van der Waals surface area contributed by atoms with Crippen molar-refractivity contribution in [1.29, 1.82) is 0 Å². The van der Waals surface area contributed by atoms with Crippen LogP contribution in [0, 0.1) is 0 Å². The number of likely N-dealkylation sites (N-methyl/N-ethyl adjacent to an activating group) is 1. The number of carbonyl (C=O) groups excluding carboxylic acids is 1. The molecule has 1 amide bonds. The average molecular weight is 225 g/mol. The van der Waals surface area contributed by atoms with Gasteiger partial charge in [-0.1, -0.05) is 0 Å². The monoisotopic (exact) mass is 225 g/mol. The first-order valence-electron chi connectivity index (χ1n) is 4.43. The van der Waals surface area contributed by atoms with Crippen molar-refractivity contribution in [2.45, 2.75) is 6.54 Å². The first-order valence-corrected chi connectivity index (χ1v) is 4.43. The number of nitrogens with zero attached hydrogens (tertiary/aromatic N) is 3. The molecule has 0 aliphatic carbocycles. The number of carbonyl (C=O) groups is 2. The fourth-order valence-electron chi connectivity index (χ4n) is 0.946. The zero-order chi connectivity index (χ0) is 12.3. The Morgan fingerprint density at radius 2 is 2.06 bits per heavy atom. The highest BCUT2D eigenvalue weighted by Crippen LogP contribution is 1.91. The van der Waals surface area contributed by atoms with Crippen molar-refractivity contribution in [2.24, 2.45) is 0 Å². The molecular formula is C9H11N3O4. The topological polar surface area (TPSA) is 92.5 Å². The summed E-state index contributed by atoms with van der Waals surface area (Å²) >= 11 is 0. The lowest BCUT2D eigenvalue weighted by Gasteiger charge is -2.10. The molecule has 0 radical (unpaired) electrons. The maximum Gasteiger partial charge on any atom is 0.356 e. The normalized spacial score (nSPS) is 9.88. The van der Waals surface area contributed by atoms with Crippen molar-refractivity contribution < 1.29 is 14.7 Å². The van der Waals surface area contributed by atoms with Gasteiger partial charge in [0.15, 0.2) is 5.69 Å². The molecule has 0 fully saturated rings. The lowest BCUT2D eigenvalue weighted by molar-refractivity contribution is -0.129. The van der Waals surface area contributed by atoms with Gasteiger partial charge in [-0.05, 0) is 6.07 Å². The Labute approximate surface area is 90.9 Å². The number of aromatic carboxylic acids is 1. The molecule has 0 aromatic carbocycles. The highest BCUT2D eigenvalue weighted by molar-refractivity contribution is 5.85. The van der Waals surface area contributed by atoms with Crippen molar-refractivity contribution in [2.75, 3.05) is 14.1 Å². The van der Waals surface area contributed by atoms with Crippen molar-refractivity contribution >= 4 is 11.9 Å². The molecule has 7 heteroatoms. The van der Waals surface area contributed by atoms with E-state index in [1.54, 1.807) is 0 Å². The smallest absolute Gasteiger partial charge is 0.356 e. The van der Waals surface area contributed by atoms with Crippen LogP contribution in [-0.2, 0) is 11.3 Å². The maximum absolute atomic E-state index is 11.3. The highest BCUT2D eigenvalue weighted by atomic mass is 16.4. The molecule has 0 atom stereocenters. The van der Waals surface area contributed by atoms with Gasteiger partial charge in [0.25, 0.3) is 5.56 Å². The quantitative estimate of drug-likeness (QED) is 0.714. The Bertz CT molecular complexity index is 478. The van der Waals surface area contributed by atoms with E-state index in [1.165, 1.54) is 19.0 Å². The van der Waals surface area contributed by atoms with Crippen molar-refractivity contribution in [3.63, 3.8) is 0 Å². The van der Waals surface area contributed by atoms with E-state index < -0.39 is 11.5 Å². The summed E-state index contributed by atoms with van der Waals surface area (Å²) in [5.74, 6) is -1.58. The minimum atomic E-state index is -1.24. The van der Waals surface area contributed by atoms with Gasteiger partial charge < -0.3 is 10.0 Å². The van der Waals surface area contributed by atoms with Crippen LogP contribution in [0.3, 0.4) is 0 Å². The zero-order valence-electron chi connectivity index (χ0n) is 8.88. The predicted molar refractivity (Wildman–Crippen MR) is 54.2 cm³/mol. The lowest BCUT2D eigenvalue weighted by atomic mass is 10.4. The van der Waals surface area contributed by atoms with E-state index in [0.717, 1.165) is 16.8 Å². The van der Waals surface area contributed by atoms with Crippen LogP contribution in [-0.4, -0.2) is 45.8 Å². The standard InChI is InChI=1S/C9H11N3O4/c1-11(2)8(14)5-12-7(13)4-3-6(10-12)9(15)16/h3-4H,5H2,1-2H3,(H,15,16). The van der Waals surface area contributed by atoms with Crippen LogP contribution in [0.25, 0.3) is 0 Å². The van der Waals surface area contributed by atoms with E-state index in [2.05, 4.69) is 5.10 Å². The molecule has 0 saturated carbocycles. The third-order valence-corrected chi connectivity index (χ3v) is 1.87. The number of hydrogen-bond donors (Lipinski definition) is 1. The van der Waals surface area contributed by atoms with Crippen molar-refractivity contribution in [3.05, 3.63) is 28.2 Å². The summed E-state index contributed by atoms with van der Waals surface area (Å²) < 4.78 is 0.825. The van der Waals surface area contributed by atoms with Gasteiger partial charge in [-0.15, -0.1) is 0 Å². The Morgan fingerprint density at radius 1 is 1.44 bits per heavy atom. The van der Waals surface area contributed by atoms with Crippen LogP contribution in [0.1, 0.15) is 10.5 Å². The van der Waals surface area contributed by atoms with Gasteiger partial charge >= 0.3 is 5.97 Å². The molecule has 0 aliphatic heterocycles. The van der Waals surface area contributed by atoms with Gasteiger partial charge in [-0.25, -0.2) is 9.48 Å². The van der Waals surface area contributed by atoms with E-state index in [4.69, 9.17) is 5.11 Å². The largest absolute Gasteiger partial charge is 0.476 e. The van der Waals surface area contributed by atoms with E-state index in [9.17, 15) is 14.4 Å². The summed E-state index contributed by atoms with van der Waals surface area (Å²) in [5, 5.41) is 12.2. The summed E-state index contributed by atoms with van der Waals surface area (Å²) in [6, 6.07) is 2.17. The molecule has 7 nitrogen and oxygen atoms in total. The van der Waals surface area contributed by atoms with E-state index >= 15 is 0 Å². The third kappa shape index (κ3) is 2.66. The Hall–Kier alpha value is -2.18. The van der Waals surface area contributed by atoms with Crippen LogP contribution in [0.2, 0.25) is 0 Å². The summed E-state index contributed by atoms with van der Waals surface area (Å²) in [6.07, 6.45) is 0. The molecule has 0 bridgehead atoms. The van der Waals surface area contributed by atoms with E-state index in [1.807, 2.05) is 0 Å². The maximum atomic E-state index is 11.3. The average Bonchev–Trinajstić information content (AvgIpc) is 2.20. The lowest BCUT2D eigenvalue weighted by Crippen LogP contribution is -2.33. The van der Waals surface area contributed by atoms with Gasteiger partial charge in [0.05, 0.1) is 0 Å². The van der Waals surface area contributed by atoms with Crippen LogP contribution in [0.4, 0.5) is 0 Å². The molecule has 1 rings (SSSR count). The SMILES string of the molecule is CN(C)C(=O)Cn1nc(C(=O)O)ccc1=O. The molecule has 16 heavy (non-hydrogen) atoms. The second-order valence-corrected chi connectivity index (χ2v) is 3.31. The Kier molecular flexibility index (Phi) is 3.39. The molecule has 0 saturated heterocycles. The molecule has 0 unspecified atom stereocenters. The second-order valence-electron chi connectivity index (χ2n) is 3.31. The molecule has 1 heterocycles. The molecule has 1 aromatic rings. The van der Waals surface area contributed by atoms with Crippen LogP contribution in [0.5, 0.6) is 0 Å². The minimum absolute atomic E-state index is 0.271. The van der Waals surface area contributed by atoms with Crippen LogP contribution in [0.15, 0.2) is 16.9 Å². The zero-order valence-corrected chi connectivity index (χ0v) is 8.88. The van der Waals surface area contributed by atoms with Crippen molar-refractivity contribution in [1.82, 2.24) is 14.7 Å². The Balaban J connectivity index is 3.04. The van der Waals surface area contributed by atoms with Gasteiger partial charge in [0.1, 0.15) is 6.54 Å². The molecule has 0 aliphatic rings. The first-order chi connectivity index (χ1) is 7.41. The van der Waals surface area contributed by atoms with Gasteiger partial charge in [0.2, 0.25) is 5.91 Å². The Morgan fingerprint density at radius 3 is 2.56 bits per heavy atom. The summed E-state index contributed by atoms with van der Waals surface area (Å²) in [5.41, 5.74) is -0.786. The van der Waals surface area contributed by atoms with Crippen molar-refractivity contribution in [3.8, 4) is 0 Å². The molecule has 1 aromatic heterocycles. The number of hydrogen-bond acceptors (Lipinski definition) is 4. The predicted octanol–water partition coefficient (Wildman–Crippen LogP) is -0.970. The minimum Gasteiger partial charge on any atom is -0.476 e. The van der Waals surface area contributed by atoms with Crippen LogP contribution < -0.4 is 5.56 Å². The molecular weight excluding hydrogens is 214 g/mol. The number of aromatic nitrogens is 2. The summed E-state index contributed by atoms with van der Waals surface area (Å²) in [6.45, 7) is -0.271. The summed E-state index contributed by atoms with van der Waals surface area (Å²) in [4.78, 5) is 34.5. The number of amides is 1. The fourth-order valence-corrected chi connectivity index (χ4v) is 0.946. The number of carboxylic acids is 1. The summed E-state index contributed by atoms with van der Waals surface area (Å²) in [7, 11) is 3.07. The molecule has 0 spiro atoms. The van der Waals surface area contributed by atoms with E-state index in [-0.39, 0.29) is 18.1 Å². The molecule has 1 N–H and O–H groups in total. The first kappa shape index (κ1) is 11.9. The molecule has 86 valence electrons. The second kappa shape index (κ2) is 4.56. The highest BCUT2D eigenvalue weighted by Gasteiger charge is 2.11. The number of carboxylic acid groups (broad SMARTS) is 1.